The molecule has 5 nitrogen and oxygen atoms in total. The Hall–Kier alpha value is -1.10. The van der Waals surface area contributed by atoms with Gasteiger partial charge in [0.05, 0.1) is 12.6 Å². The molecule has 1 N–H and O–H groups in total. The van der Waals surface area contributed by atoms with Crippen LogP contribution in [0.5, 0.6) is 0 Å². The zero-order valence-corrected chi connectivity index (χ0v) is 11.4. The molecule has 0 radical (unpaired) electrons. The fraction of sp³-hybridized carbons (Fsp3) is 0.846. The quantitative estimate of drug-likeness (QED) is 0.544. The Morgan fingerprint density at radius 1 is 1.33 bits per heavy atom. The smallest absolute Gasteiger partial charge is 0.305 e. The number of hydrogen-bond acceptors (Lipinski definition) is 4. The molecule has 104 valence electrons. The third kappa shape index (κ3) is 5.04. The van der Waals surface area contributed by atoms with Crippen molar-refractivity contribution in [1.29, 1.82) is 0 Å². The van der Waals surface area contributed by atoms with Gasteiger partial charge in [-0.25, -0.2) is 0 Å². The average molecular weight is 256 g/mol. The largest absolute Gasteiger partial charge is 0.466 e. The van der Waals surface area contributed by atoms with Crippen LogP contribution in [0.1, 0.15) is 39.5 Å². The lowest BCUT2D eigenvalue weighted by Crippen LogP contribution is -2.43. The predicted molar refractivity (Wildman–Crippen MR) is 69.1 cm³/mol. The normalized spacial score (nSPS) is 16.7. The Balaban J connectivity index is 2.10. The van der Waals surface area contributed by atoms with Crippen LogP contribution in [-0.2, 0) is 14.3 Å². The molecule has 1 saturated heterocycles. The first-order valence-electron chi connectivity index (χ1n) is 6.83. The molecule has 0 spiro atoms. The number of rotatable bonds is 7. The van der Waals surface area contributed by atoms with Crippen molar-refractivity contribution in [2.45, 2.75) is 45.6 Å². The number of carbonyl (C=O) groups excluding carboxylic acids is 2. The van der Waals surface area contributed by atoms with E-state index in [9.17, 15) is 9.59 Å². The summed E-state index contributed by atoms with van der Waals surface area (Å²) < 4.78 is 4.84. The first-order chi connectivity index (χ1) is 8.65. The fourth-order valence-corrected chi connectivity index (χ4v) is 2.08. The lowest BCUT2D eigenvalue weighted by atomic mass is 10.2. The molecule has 1 unspecified atom stereocenters. The van der Waals surface area contributed by atoms with Crippen molar-refractivity contribution in [3.05, 3.63) is 0 Å². The van der Waals surface area contributed by atoms with E-state index < -0.39 is 0 Å². The molecule has 0 aromatic carbocycles. The van der Waals surface area contributed by atoms with Crippen LogP contribution in [0, 0.1) is 0 Å². The van der Waals surface area contributed by atoms with Crippen molar-refractivity contribution in [2.24, 2.45) is 0 Å². The van der Waals surface area contributed by atoms with E-state index in [1.54, 1.807) is 6.92 Å². The molecule has 0 saturated carbocycles. The summed E-state index contributed by atoms with van der Waals surface area (Å²) >= 11 is 0. The highest BCUT2D eigenvalue weighted by Crippen LogP contribution is 2.08. The lowest BCUT2D eigenvalue weighted by molar-refractivity contribution is -0.143. The van der Waals surface area contributed by atoms with Gasteiger partial charge in [-0.05, 0) is 39.7 Å². The minimum atomic E-state index is -0.169. The van der Waals surface area contributed by atoms with Crippen LogP contribution in [0.4, 0.5) is 0 Å². The number of ether oxygens (including phenoxy) is 1. The topological polar surface area (TPSA) is 58.6 Å². The van der Waals surface area contributed by atoms with E-state index in [1.165, 1.54) is 0 Å². The van der Waals surface area contributed by atoms with Gasteiger partial charge in [0.25, 0.3) is 0 Å². The minimum absolute atomic E-state index is 0.162. The average Bonchev–Trinajstić information content (AvgIpc) is 2.87. The predicted octanol–water partition coefficient (Wildman–Crippen LogP) is 0.930. The third-order valence-electron chi connectivity index (χ3n) is 3.10. The zero-order valence-electron chi connectivity index (χ0n) is 11.4. The number of hydrogen-bond donors (Lipinski definition) is 1. The van der Waals surface area contributed by atoms with E-state index in [-0.39, 0.29) is 17.9 Å². The highest BCUT2D eigenvalue weighted by atomic mass is 16.5. The molecule has 0 aromatic rings. The SMILES string of the molecule is CCOC(=O)CCCNC(C)C(=O)N1CCCC1. The van der Waals surface area contributed by atoms with Crippen LogP contribution in [0.3, 0.4) is 0 Å². The number of nitrogens with one attached hydrogen (secondary N) is 1. The molecular formula is C13H24N2O3. The molecule has 0 aliphatic carbocycles. The Kier molecular flexibility index (Phi) is 6.72. The van der Waals surface area contributed by atoms with Gasteiger partial charge in [-0.2, -0.15) is 0 Å². The molecule has 1 aliphatic rings. The van der Waals surface area contributed by atoms with Crippen LogP contribution in [-0.4, -0.2) is 49.1 Å². The van der Waals surface area contributed by atoms with E-state index >= 15 is 0 Å². The molecule has 1 amide bonds. The molecule has 18 heavy (non-hydrogen) atoms. The maximum atomic E-state index is 11.9. The van der Waals surface area contributed by atoms with Gasteiger partial charge in [-0.3, -0.25) is 9.59 Å². The second-order valence-electron chi connectivity index (χ2n) is 4.62. The summed E-state index contributed by atoms with van der Waals surface area (Å²) in [5.41, 5.74) is 0. The molecular weight excluding hydrogens is 232 g/mol. The van der Waals surface area contributed by atoms with Gasteiger partial charge in [0, 0.05) is 19.5 Å². The van der Waals surface area contributed by atoms with Gasteiger partial charge >= 0.3 is 5.97 Å². The number of likely N-dealkylation sites (tertiary alicyclic amines) is 1. The Labute approximate surface area is 109 Å². The zero-order chi connectivity index (χ0) is 13.4. The maximum Gasteiger partial charge on any atom is 0.305 e. The Bertz CT molecular complexity index is 275. The number of nitrogens with zero attached hydrogens (tertiary/aromatic N) is 1. The maximum absolute atomic E-state index is 11.9. The molecule has 1 rings (SSSR count). The standard InChI is InChI=1S/C13H24N2O3/c1-3-18-12(16)7-6-8-14-11(2)13(17)15-9-4-5-10-15/h11,14H,3-10H2,1-2H3. The summed E-state index contributed by atoms with van der Waals surface area (Å²) in [5.74, 6) is 0.00135. The van der Waals surface area contributed by atoms with Crippen LogP contribution in [0.25, 0.3) is 0 Å². The molecule has 5 heteroatoms. The van der Waals surface area contributed by atoms with Crippen molar-refractivity contribution in [2.75, 3.05) is 26.2 Å². The number of amides is 1. The van der Waals surface area contributed by atoms with Crippen LogP contribution in [0.15, 0.2) is 0 Å². The molecule has 1 fully saturated rings. The van der Waals surface area contributed by atoms with Gasteiger partial charge in [-0.15, -0.1) is 0 Å². The van der Waals surface area contributed by atoms with Crippen molar-refractivity contribution >= 4 is 11.9 Å². The van der Waals surface area contributed by atoms with Gasteiger partial charge < -0.3 is 15.0 Å². The summed E-state index contributed by atoms with van der Waals surface area (Å²) in [6.45, 7) is 6.54. The molecule has 1 atom stereocenters. The highest BCUT2D eigenvalue weighted by molar-refractivity contribution is 5.81. The van der Waals surface area contributed by atoms with E-state index in [0.29, 0.717) is 26.0 Å². The molecule has 1 aliphatic heterocycles. The Morgan fingerprint density at radius 2 is 2.00 bits per heavy atom. The molecule has 0 bridgehead atoms. The summed E-state index contributed by atoms with van der Waals surface area (Å²) in [4.78, 5) is 25.0. The second-order valence-corrected chi connectivity index (χ2v) is 4.62. The van der Waals surface area contributed by atoms with Gasteiger partial charge in [-0.1, -0.05) is 0 Å². The summed E-state index contributed by atoms with van der Waals surface area (Å²) in [5, 5.41) is 3.16. The minimum Gasteiger partial charge on any atom is -0.466 e. The van der Waals surface area contributed by atoms with E-state index in [4.69, 9.17) is 4.74 Å². The highest BCUT2D eigenvalue weighted by Gasteiger charge is 2.22. The Morgan fingerprint density at radius 3 is 2.61 bits per heavy atom. The molecule has 0 aromatic heterocycles. The van der Waals surface area contributed by atoms with Gasteiger partial charge in [0.1, 0.15) is 0 Å². The number of carbonyl (C=O) groups is 2. The van der Waals surface area contributed by atoms with Crippen molar-refractivity contribution in [3.63, 3.8) is 0 Å². The van der Waals surface area contributed by atoms with E-state index in [2.05, 4.69) is 5.32 Å². The van der Waals surface area contributed by atoms with Gasteiger partial charge in [0.15, 0.2) is 0 Å². The van der Waals surface area contributed by atoms with Crippen molar-refractivity contribution in [3.8, 4) is 0 Å². The first-order valence-corrected chi connectivity index (χ1v) is 6.83. The summed E-state index contributed by atoms with van der Waals surface area (Å²) in [6.07, 6.45) is 3.34. The lowest BCUT2D eigenvalue weighted by Gasteiger charge is -2.21. The second kappa shape index (κ2) is 8.08. The van der Waals surface area contributed by atoms with E-state index in [0.717, 1.165) is 25.9 Å². The van der Waals surface area contributed by atoms with E-state index in [1.807, 2.05) is 11.8 Å². The number of esters is 1. The van der Waals surface area contributed by atoms with Crippen molar-refractivity contribution in [1.82, 2.24) is 10.2 Å². The van der Waals surface area contributed by atoms with Crippen molar-refractivity contribution < 1.29 is 14.3 Å². The first kappa shape index (κ1) is 15.0. The summed E-state index contributed by atoms with van der Waals surface area (Å²) in [6, 6.07) is -0.162. The monoisotopic (exact) mass is 256 g/mol. The molecule has 1 heterocycles. The van der Waals surface area contributed by atoms with Crippen LogP contribution in [0.2, 0.25) is 0 Å². The summed E-state index contributed by atoms with van der Waals surface area (Å²) in [7, 11) is 0. The van der Waals surface area contributed by atoms with Crippen LogP contribution >= 0.6 is 0 Å². The third-order valence-corrected chi connectivity index (χ3v) is 3.10. The van der Waals surface area contributed by atoms with Crippen LogP contribution < -0.4 is 5.32 Å². The fourth-order valence-electron chi connectivity index (χ4n) is 2.08. The van der Waals surface area contributed by atoms with Gasteiger partial charge in [0.2, 0.25) is 5.91 Å².